The average molecular weight is 437 g/mol. The molecule has 1 aromatic heterocycles. The number of carbonyl (C=O) groups is 1. The third-order valence-electron chi connectivity index (χ3n) is 4.23. The average Bonchev–Trinajstić information content (AvgIpc) is 3.15. The van der Waals surface area contributed by atoms with E-state index < -0.39 is 28.6 Å². The van der Waals surface area contributed by atoms with E-state index in [1.165, 1.54) is 29.5 Å². The molecule has 0 aliphatic carbocycles. The van der Waals surface area contributed by atoms with E-state index >= 15 is 0 Å². The van der Waals surface area contributed by atoms with Crippen LogP contribution >= 0.6 is 11.3 Å². The number of hydrogen-bond donors (Lipinski definition) is 2. The van der Waals surface area contributed by atoms with Crippen molar-refractivity contribution >= 4 is 28.3 Å². The standard InChI is InChI=1S/C20H18F2N2O3S2/c1-2-12-3-5-15(10-17(12)20(25)26)29(27)23-8-7-14-11-28-19(24-14)16-6-4-13(21)9-18(16)22/h3-6,9-11,23H,2,7-8H2,1H3,(H,25,26). The van der Waals surface area contributed by atoms with Crippen molar-refractivity contribution < 1.29 is 22.9 Å². The molecule has 3 rings (SSSR count). The zero-order valence-corrected chi connectivity index (χ0v) is 17.1. The lowest BCUT2D eigenvalue weighted by molar-refractivity contribution is 0.0695. The van der Waals surface area contributed by atoms with Crippen LogP contribution in [0.25, 0.3) is 10.6 Å². The third-order valence-corrected chi connectivity index (χ3v) is 6.31. The topological polar surface area (TPSA) is 79.3 Å². The van der Waals surface area contributed by atoms with Gasteiger partial charge in [-0.3, -0.25) is 0 Å². The number of thiazole rings is 1. The molecule has 0 spiro atoms. The van der Waals surface area contributed by atoms with E-state index in [2.05, 4.69) is 9.71 Å². The molecule has 5 nitrogen and oxygen atoms in total. The van der Waals surface area contributed by atoms with Crippen molar-refractivity contribution in [1.29, 1.82) is 0 Å². The summed E-state index contributed by atoms with van der Waals surface area (Å²) in [5.74, 6) is -2.37. The molecule has 3 aromatic rings. The highest BCUT2D eigenvalue weighted by atomic mass is 32.2. The van der Waals surface area contributed by atoms with Crippen LogP contribution < -0.4 is 4.72 Å². The fourth-order valence-corrected chi connectivity index (χ4v) is 4.49. The van der Waals surface area contributed by atoms with Gasteiger partial charge in [0.2, 0.25) is 0 Å². The van der Waals surface area contributed by atoms with Crippen molar-refractivity contribution in [3.8, 4) is 10.6 Å². The van der Waals surface area contributed by atoms with E-state index in [0.29, 0.717) is 40.5 Å². The Hall–Kier alpha value is -2.49. The lowest BCUT2D eigenvalue weighted by atomic mass is 10.1. The van der Waals surface area contributed by atoms with Crippen molar-refractivity contribution in [2.75, 3.05) is 6.54 Å². The van der Waals surface area contributed by atoms with E-state index in [1.54, 1.807) is 17.5 Å². The molecule has 2 N–H and O–H groups in total. The van der Waals surface area contributed by atoms with Gasteiger partial charge in [-0.05, 0) is 36.2 Å². The summed E-state index contributed by atoms with van der Waals surface area (Å²) in [6.45, 7) is 2.19. The number of hydrogen-bond acceptors (Lipinski definition) is 4. The molecule has 0 fully saturated rings. The molecule has 1 unspecified atom stereocenters. The first-order valence-electron chi connectivity index (χ1n) is 8.80. The van der Waals surface area contributed by atoms with Gasteiger partial charge in [-0.1, -0.05) is 13.0 Å². The molecule has 0 saturated heterocycles. The van der Waals surface area contributed by atoms with Crippen molar-refractivity contribution in [1.82, 2.24) is 9.71 Å². The van der Waals surface area contributed by atoms with Gasteiger partial charge in [0.1, 0.15) is 27.6 Å². The molecule has 2 aromatic carbocycles. The van der Waals surface area contributed by atoms with E-state index in [0.717, 1.165) is 6.07 Å². The number of benzene rings is 2. The minimum absolute atomic E-state index is 0.144. The molecule has 0 amide bonds. The highest BCUT2D eigenvalue weighted by Gasteiger charge is 2.14. The number of aryl methyl sites for hydroxylation is 1. The molecular formula is C20H18F2N2O3S2. The van der Waals surface area contributed by atoms with Gasteiger partial charge >= 0.3 is 5.97 Å². The minimum atomic E-state index is -1.57. The summed E-state index contributed by atoms with van der Waals surface area (Å²) in [6.07, 6.45) is 1.02. The first kappa shape index (κ1) is 21.2. The number of nitrogens with one attached hydrogen (secondary N) is 1. The van der Waals surface area contributed by atoms with Gasteiger partial charge in [0, 0.05) is 30.0 Å². The van der Waals surface area contributed by atoms with Crippen LogP contribution in [0.3, 0.4) is 0 Å². The summed E-state index contributed by atoms with van der Waals surface area (Å²) in [6, 6.07) is 8.08. The Balaban J connectivity index is 1.62. The Morgan fingerprint density at radius 1 is 1.24 bits per heavy atom. The van der Waals surface area contributed by atoms with Crippen molar-refractivity contribution in [2.24, 2.45) is 0 Å². The number of rotatable bonds is 8. The maximum absolute atomic E-state index is 13.9. The van der Waals surface area contributed by atoms with Gasteiger partial charge in [-0.15, -0.1) is 11.3 Å². The van der Waals surface area contributed by atoms with Gasteiger partial charge in [0.05, 0.1) is 16.2 Å². The number of nitrogens with zero attached hydrogens (tertiary/aromatic N) is 1. The van der Waals surface area contributed by atoms with Crippen molar-refractivity contribution in [2.45, 2.75) is 24.7 Å². The molecule has 9 heteroatoms. The molecule has 0 bridgehead atoms. The first-order chi connectivity index (χ1) is 13.9. The Labute approximate surface area is 173 Å². The Morgan fingerprint density at radius 3 is 2.72 bits per heavy atom. The fourth-order valence-electron chi connectivity index (χ4n) is 2.74. The van der Waals surface area contributed by atoms with E-state index in [4.69, 9.17) is 0 Å². The molecule has 0 aliphatic heterocycles. The second-order valence-electron chi connectivity index (χ2n) is 6.16. The smallest absolute Gasteiger partial charge is 0.336 e. The lowest BCUT2D eigenvalue weighted by Crippen LogP contribution is -2.20. The Kier molecular flexibility index (Phi) is 6.83. The third kappa shape index (κ3) is 5.11. The van der Waals surface area contributed by atoms with Gasteiger partial charge in [-0.2, -0.15) is 0 Å². The quantitative estimate of drug-likeness (QED) is 0.555. The predicted octanol–water partition coefficient (Wildman–Crippen LogP) is 4.20. The second kappa shape index (κ2) is 9.34. The number of aromatic carboxylic acids is 1. The predicted molar refractivity (Wildman–Crippen MR) is 108 cm³/mol. The van der Waals surface area contributed by atoms with Crippen molar-refractivity contribution in [3.63, 3.8) is 0 Å². The molecule has 0 radical (unpaired) electrons. The van der Waals surface area contributed by atoms with E-state index in [-0.39, 0.29) is 11.1 Å². The molecule has 1 atom stereocenters. The van der Waals surface area contributed by atoms with E-state index in [1.807, 2.05) is 6.92 Å². The highest BCUT2D eigenvalue weighted by Crippen LogP contribution is 2.27. The summed E-state index contributed by atoms with van der Waals surface area (Å²) >= 11 is 1.24. The zero-order valence-electron chi connectivity index (χ0n) is 15.4. The SMILES string of the molecule is CCc1ccc(S(=O)NCCc2csc(-c3ccc(F)cc3F)n2)cc1C(=O)O. The molecule has 29 heavy (non-hydrogen) atoms. The van der Waals surface area contributed by atoms with Crippen LogP contribution in [-0.2, 0) is 23.8 Å². The maximum atomic E-state index is 13.9. The molecule has 1 heterocycles. The summed E-state index contributed by atoms with van der Waals surface area (Å²) < 4.78 is 42.2. The summed E-state index contributed by atoms with van der Waals surface area (Å²) in [5.41, 5.74) is 1.74. The fraction of sp³-hybridized carbons (Fsp3) is 0.200. The van der Waals surface area contributed by atoms with Crippen LogP contribution in [0, 0.1) is 11.6 Å². The van der Waals surface area contributed by atoms with Gasteiger partial charge < -0.3 is 5.11 Å². The normalized spacial score (nSPS) is 12.1. The van der Waals surface area contributed by atoms with Crippen LogP contribution in [0.1, 0.15) is 28.5 Å². The highest BCUT2D eigenvalue weighted by molar-refractivity contribution is 7.83. The lowest BCUT2D eigenvalue weighted by Gasteiger charge is -2.08. The molecule has 0 saturated carbocycles. The van der Waals surface area contributed by atoms with Gasteiger partial charge in [0.15, 0.2) is 0 Å². The summed E-state index contributed by atoms with van der Waals surface area (Å²) in [4.78, 5) is 16.1. The Morgan fingerprint density at radius 2 is 2.03 bits per heavy atom. The van der Waals surface area contributed by atoms with Crippen molar-refractivity contribution in [3.05, 3.63) is 70.2 Å². The summed E-state index contributed by atoms with van der Waals surface area (Å²) in [7, 11) is -1.57. The van der Waals surface area contributed by atoms with E-state index in [9.17, 15) is 22.9 Å². The monoisotopic (exact) mass is 436 g/mol. The van der Waals surface area contributed by atoms with Crippen LogP contribution in [0.5, 0.6) is 0 Å². The second-order valence-corrected chi connectivity index (χ2v) is 8.31. The number of carboxylic acid groups (broad SMARTS) is 1. The minimum Gasteiger partial charge on any atom is -0.478 e. The maximum Gasteiger partial charge on any atom is 0.336 e. The first-order valence-corrected chi connectivity index (χ1v) is 10.8. The van der Waals surface area contributed by atoms with Crippen LogP contribution in [0.2, 0.25) is 0 Å². The zero-order chi connectivity index (χ0) is 21.0. The van der Waals surface area contributed by atoms with Gasteiger partial charge in [-0.25, -0.2) is 27.5 Å². The molecular weight excluding hydrogens is 418 g/mol. The number of halogens is 2. The number of aromatic nitrogens is 1. The summed E-state index contributed by atoms with van der Waals surface area (Å²) in [5, 5.41) is 11.5. The van der Waals surface area contributed by atoms with Gasteiger partial charge in [0.25, 0.3) is 0 Å². The van der Waals surface area contributed by atoms with Crippen LogP contribution in [-0.4, -0.2) is 26.8 Å². The van der Waals surface area contributed by atoms with Crippen LogP contribution in [0.4, 0.5) is 8.78 Å². The molecule has 0 aliphatic rings. The number of carboxylic acids is 1. The molecule has 152 valence electrons. The Bertz CT molecular complexity index is 1070. The largest absolute Gasteiger partial charge is 0.478 e. The van der Waals surface area contributed by atoms with Crippen LogP contribution in [0.15, 0.2) is 46.7 Å².